The van der Waals surface area contributed by atoms with Gasteiger partial charge in [0.2, 0.25) is 0 Å². The van der Waals surface area contributed by atoms with E-state index in [1.54, 1.807) is 0 Å². The van der Waals surface area contributed by atoms with Crippen LogP contribution in [0, 0.1) is 0 Å². The van der Waals surface area contributed by atoms with Gasteiger partial charge in [-0.1, -0.05) is 41.4 Å². The topological polar surface area (TPSA) is 29.3 Å². The average molecular weight is 364 g/mol. The fraction of sp³-hybridized carbons (Fsp3) is 0.571. The van der Waals surface area contributed by atoms with Crippen molar-refractivity contribution in [3.8, 4) is 0 Å². The number of thioether (sulfide) groups is 1. The molecule has 0 radical (unpaired) electrons. The number of rotatable bonds is 3. The van der Waals surface area contributed by atoms with Crippen molar-refractivity contribution in [3.63, 3.8) is 0 Å². The summed E-state index contributed by atoms with van der Waals surface area (Å²) in [5, 5.41) is 2.07. The van der Waals surface area contributed by atoms with Gasteiger partial charge in [0.25, 0.3) is 0 Å². The minimum absolute atomic E-state index is 0.235. The molecule has 0 saturated carbocycles. The highest BCUT2D eigenvalue weighted by Crippen LogP contribution is 2.34. The van der Waals surface area contributed by atoms with E-state index in [0.717, 1.165) is 22.6 Å². The molecule has 0 aliphatic carbocycles. The Bertz CT molecular complexity index is 433. The van der Waals surface area contributed by atoms with Crippen LogP contribution in [0.3, 0.4) is 0 Å². The molecule has 1 aromatic carbocycles. The first-order chi connectivity index (χ1) is 9.01. The molecule has 1 saturated heterocycles. The van der Waals surface area contributed by atoms with Gasteiger partial charge in [-0.2, -0.15) is 11.8 Å². The Morgan fingerprint density at radius 2 is 2.05 bits per heavy atom. The molecule has 1 fully saturated rings. The van der Waals surface area contributed by atoms with Gasteiger partial charge in [-0.25, -0.2) is 0 Å². The normalized spacial score (nSPS) is 26.4. The monoisotopic (exact) mass is 362 g/mol. The van der Waals surface area contributed by atoms with Crippen LogP contribution in [0.5, 0.6) is 0 Å². The SMILES string of the molecule is CC1CN(C(CN)c2cc(Cl)ccc2Br)CC(C)S1. The van der Waals surface area contributed by atoms with Gasteiger partial charge in [-0.15, -0.1) is 0 Å². The summed E-state index contributed by atoms with van der Waals surface area (Å²) in [4.78, 5) is 2.49. The summed E-state index contributed by atoms with van der Waals surface area (Å²) in [7, 11) is 0. The van der Waals surface area contributed by atoms with Crippen molar-refractivity contribution in [1.82, 2.24) is 4.90 Å². The maximum Gasteiger partial charge on any atom is 0.0483 e. The first kappa shape index (κ1) is 15.6. The minimum Gasteiger partial charge on any atom is -0.329 e. The van der Waals surface area contributed by atoms with Gasteiger partial charge in [-0.3, -0.25) is 4.90 Å². The highest BCUT2D eigenvalue weighted by Gasteiger charge is 2.29. The van der Waals surface area contributed by atoms with Gasteiger partial charge < -0.3 is 5.73 Å². The van der Waals surface area contributed by atoms with Gasteiger partial charge in [0, 0.05) is 45.7 Å². The molecule has 1 aromatic rings. The lowest BCUT2D eigenvalue weighted by molar-refractivity contribution is 0.199. The number of nitrogens with two attached hydrogens (primary N) is 1. The van der Waals surface area contributed by atoms with Crippen molar-refractivity contribution >= 4 is 39.3 Å². The number of hydrogen-bond acceptors (Lipinski definition) is 3. The van der Waals surface area contributed by atoms with E-state index in [1.807, 2.05) is 18.2 Å². The largest absolute Gasteiger partial charge is 0.329 e. The third-order valence-electron chi connectivity index (χ3n) is 3.43. The van der Waals surface area contributed by atoms with E-state index in [0.29, 0.717) is 17.0 Å². The Morgan fingerprint density at radius 1 is 1.42 bits per heavy atom. The predicted molar refractivity (Wildman–Crippen MR) is 89.0 cm³/mol. The molecule has 2 N–H and O–H groups in total. The fourth-order valence-electron chi connectivity index (χ4n) is 2.71. The molecule has 106 valence electrons. The maximum atomic E-state index is 6.13. The summed E-state index contributed by atoms with van der Waals surface area (Å²) in [6.07, 6.45) is 0. The van der Waals surface area contributed by atoms with E-state index < -0.39 is 0 Å². The molecular formula is C14H20BrClN2S. The predicted octanol–water partition coefficient (Wildman–Crippen LogP) is 3.93. The lowest BCUT2D eigenvalue weighted by Crippen LogP contribution is -2.44. The Labute approximate surface area is 133 Å². The molecule has 0 amide bonds. The van der Waals surface area contributed by atoms with Crippen LogP contribution >= 0.6 is 39.3 Å². The molecule has 1 aliphatic heterocycles. The zero-order valence-electron chi connectivity index (χ0n) is 11.3. The van der Waals surface area contributed by atoms with Crippen molar-refractivity contribution in [2.45, 2.75) is 30.4 Å². The molecule has 3 atom stereocenters. The molecule has 2 nitrogen and oxygen atoms in total. The minimum atomic E-state index is 0.235. The lowest BCUT2D eigenvalue weighted by atomic mass is 10.0. The van der Waals surface area contributed by atoms with Gasteiger partial charge in [-0.05, 0) is 23.8 Å². The Balaban J connectivity index is 2.26. The number of nitrogens with zero attached hydrogens (tertiary/aromatic N) is 1. The second-order valence-corrected chi connectivity index (χ2v) is 8.30. The second-order valence-electron chi connectivity index (χ2n) is 5.13. The molecule has 1 aliphatic rings. The average Bonchev–Trinajstić information content (AvgIpc) is 2.33. The van der Waals surface area contributed by atoms with E-state index in [1.165, 1.54) is 5.56 Å². The van der Waals surface area contributed by atoms with Crippen molar-refractivity contribution in [2.24, 2.45) is 5.73 Å². The quantitative estimate of drug-likeness (QED) is 0.882. The van der Waals surface area contributed by atoms with E-state index in [4.69, 9.17) is 17.3 Å². The van der Waals surface area contributed by atoms with Crippen LogP contribution in [-0.2, 0) is 0 Å². The number of benzene rings is 1. The zero-order chi connectivity index (χ0) is 14.0. The van der Waals surface area contributed by atoms with Gasteiger partial charge in [0.15, 0.2) is 0 Å². The third-order valence-corrected chi connectivity index (χ3v) is 5.61. The highest BCUT2D eigenvalue weighted by atomic mass is 79.9. The molecule has 0 bridgehead atoms. The molecule has 5 heteroatoms. The lowest BCUT2D eigenvalue weighted by Gasteiger charge is -2.40. The smallest absolute Gasteiger partial charge is 0.0483 e. The molecule has 19 heavy (non-hydrogen) atoms. The van der Waals surface area contributed by atoms with Crippen LogP contribution in [0.2, 0.25) is 5.02 Å². The van der Waals surface area contributed by atoms with E-state index >= 15 is 0 Å². The first-order valence-electron chi connectivity index (χ1n) is 6.55. The van der Waals surface area contributed by atoms with Crippen molar-refractivity contribution < 1.29 is 0 Å². The Kier molecular flexibility index (Phi) is 5.61. The van der Waals surface area contributed by atoms with Crippen LogP contribution in [0.1, 0.15) is 25.5 Å². The molecule has 0 spiro atoms. The van der Waals surface area contributed by atoms with Crippen LogP contribution in [0.4, 0.5) is 0 Å². The van der Waals surface area contributed by atoms with E-state index in [-0.39, 0.29) is 6.04 Å². The molecule has 2 rings (SSSR count). The van der Waals surface area contributed by atoms with Crippen molar-refractivity contribution in [1.29, 1.82) is 0 Å². The fourth-order valence-corrected chi connectivity index (χ4v) is 4.75. The highest BCUT2D eigenvalue weighted by molar-refractivity contribution is 9.10. The molecule has 3 unspecified atom stereocenters. The summed E-state index contributed by atoms with van der Waals surface area (Å²) in [5.74, 6) is 0. The number of hydrogen-bond donors (Lipinski definition) is 1. The summed E-state index contributed by atoms with van der Waals surface area (Å²) < 4.78 is 1.09. The van der Waals surface area contributed by atoms with Crippen molar-refractivity contribution in [2.75, 3.05) is 19.6 Å². The van der Waals surface area contributed by atoms with E-state index in [9.17, 15) is 0 Å². The summed E-state index contributed by atoms with van der Waals surface area (Å²) >= 11 is 11.8. The number of halogens is 2. The molecule has 1 heterocycles. The molecule has 0 aromatic heterocycles. The van der Waals surface area contributed by atoms with Gasteiger partial charge >= 0.3 is 0 Å². The maximum absolute atomic E-state index is 6.13. The summed E-state index contributed by atoms with van der Waals surface area (Å²) in [6, 6.07) is 6.17. The van der Waals surface area contributed by atoms with E-state index in [2.05, 4.69) is 46.4 Å². The van der Waals surface area contributed by atoms with Gasteiger partial charge in [0.1, 0.15) is 0 Å². The van der Waals surface area contributed by atoms with Crippen LogP contribution in [0.15, 0.2) is 22.7 Å². The zero-order valence-corrected chi connectivity index (χ0v) is 14.4. The summed E-state index contributed by atoms with van der Waals surface area (Å²) in [5.41, 5.74) is 7.23. The Morgan fingerprint density at radius 3 is 2.63 bits per heavy atom. The van der Waals surface area contributed by atoms with Crippen LogP contribution in [0.25, 0.3) is 0 Å². The van der Waals surface area contributed by atoms with Crippen LogP contribution in [-0.4, -0.2) is 35.0 Å². The van der Waals surface area contributed by atoms with Crippen molar-refractivity contribution in [3.05, 3.63) is 33.3 Å². The first-order valence-corrected chi connectivity index (χ1v) is 8.67. The van der Waals surface area contributed by atoms with Gasteiger partial charge in [0.05, 0.1) is 0 Å². The second kappa shape index (κ2) is 6.81. The Hall–Kier alpha value is 0.260. The third kappa shape index (κ3) is 3.88. The standard InChI is InChI=1S/C14H20BrClN2S/c1-9-7-18(8-10(2)19-9)14(6-17)12-5-11(16)3-4-13(12)15/h3-5,9-10,14H,6-8,17H2,1-2H3. The molecular weight excluding hydrogens is 344 g/mol. The van der Waals surface area contributed by atoms with Crippen LogP contribution < -0.4 is 5.73 Å². The summed E-state index contributed by atoms with van der Waals surface area (Å²) in [6.45, 7) is 7.34.